The fraction of sp³-hybridized carbons (Fsp3) is 0.300. The van der Waals surface area contributed by atoms with Crippen LogP contribution in [0.2, 0.25) is 5.02 Å². The van der Waals surface area contributed by atoms with Crippen LogP contribution in [0.4, 0.5) is 0 Å². The molecule has 0 bridgehead atoms. The van der Waals surface area contributed by atoms with Crippen molar-refractivity contribution in [2.75, 3.05) is 0 Å². The second-order valence-corrected chi connectivity index (χ2v) is 6.57. The Morgan fingerprint density at radius 3 is 2.24 bits per heavy atom. The fourth-order valence-electron chi connectivity index (χ4n) is 2.50. The van der Waals surface area contributed by atoms with Gasteiger partial charge in [0, 0.05) is 17.5 Å². The molecule has 0 heterocycles. The van der Waals surface area contributed by atoms with E-state index in [4.69, 9.17) is 11.6 Å². The van der Waals surface area contributed by atoms with E-state index in [0.29, 0.717) is 11.4 Å². The Labute approximate surface area is 153 Å². The van der Waals surface area contributed by atoms with E-state index in [1.807, 2.05) is 62.4 Å². The quantitative estimate of drug-likeness (QED) is 0.793. The maximum atomic E-state index is 12.5. The standard InChI is InChI=1S/C20H23ClN2O2/c1-14(2)22-20(25)19(16-9-4-3-5-10-16)23-18(24)13-12-15-8-6-7-11-17(15)21/h3-11,14,19H,12-13H2,1-2H3,(H,22,25)(H,23,24). The van der Waals surface area contributed by atoms with Gasteiger partial charge >= 0.3 is 0 Å². The summed E-state index contributed by atoms with van der Waals surface area (Å²) in [6, 6.07) is 16.0. The molecule has 2 aromatic rings. The summed E-state index contributed by atoms with van der Waals surface area (Å²) in [6.45, 7) is 3.78. The monoisotopic (exact) mass is 358 g/mol. The lowest BCUT2D eigenvalue weighted by Gasteiger charge is -2.20. The third-order valence-electron chi connectivity index (χ3n) is 3.71. The number of carbonyl (C=O) groups is 2. The lowest BCUT2D eigenvalue weighted by Crippen LogP contribution is -2.42. The van der Waals surface area contributed by atoms with Gasteiger partial charge in [0.05, 0.1) is 0 Å². The van der Waals surface area contributed by atoms with Crippen LogP contribution in [0, 0.1) is 0 Å². The molecular formula is C20H23ClN2O2. The van der Waals surface area contributed by atoms with Crippen molar-refractivity contribution < 1.29 is 9.59 Å². The van der Waals surface area contributed by atoms with Crippen LogP contribution in [-0.2, 0) is 16.0 Å². The first-order valence-corrected chi connectivity index (χ1v) is 8.73. The van der Waals surface area contributed by atoms with Crippen LogP contribution in [0.25, 0.3) is 0 Å². The van der Waals surface area contributed by atoms with Crippen LogP contribution >= 0.6 is 11.6 Å². The second kappa shape index (κ2) is 9.23. The summed E-state index contributed by atoms with van der Waals surface area (Å²) in [6.07, 6.45) is 0.793. The Hall–Kier alpha value is -2.33. The van der Waals surface area contributed by atoms with Gasteiger partial charge in [0.2, 0.25) is 11.8 Å². The highest BCUT2D eigenvalue weighted by molar-refractivity contribution is 6.31. The SMILES string of the molecule is CC(C)NC(=O)C(NC(=O)CCc1ccccc1Cl)c1ccccc1. The number of hydrogen-bond donors (Lipinski definition) is 2. The minimum Gasteiger partial charge on any atom is -0.352 e. The molecule has 1 unspecified atom stereocenters. The largest absolute Gasteiger partial charge is 0.352 e. The van der Waals surface area contributed by atoms with Gasteiger partial charge in [0.1, 0.15) is 6.04 Å². The first-order chi connectivity index (χ1) is 12.0. The Morgan fingerprint density at radius 2 is 1.60 bits per heavy atom. The molecule has 0 fully saturated rings. The molecule has 0 aliphatic rings. The van der Waals surface area contributed by atoms with E-state index in [2.05, 4.69) is 10.6 Å². The van der Waals surface area contributed by atoms with Gasteiger partial charge in [0.15, 0.2) is 0 Å². The summed E-state index contributed by atoms with van der Waals surface area (Å²) in [5.41, 5.74) is 1.67. The molecule has 0 radical (unpaired) electrons. The van der Waals surface area contributed by atoms with E-state index in [0.717, 1.165) is 11.1 Å². The number of aryl methyl sites for hydroxylation is 1. The topological polar surface area (TPSA) is 58.2 Å². The average molecular weight is 359 g/mol. The summed E-state index contributed by atoms with van der Waals surface area (Å²) in [4.78, 5) is 24.8. The number of benzene rings is 2. The second-order valence-electron chi connectivity index (χ2n) is 6.17. The molecule has 2 rings (SSSR count). The van der Waals surface area contributed by atoms with Crippen molar-refractivity contribution in [1.29, 1.82) is 0 Å². The smallest absolute Gasteiger partial charge is 0.247 e. The minimum absolute atomic E-state index is 0.00117. The van der Waals surface area contributed by atoms with Crippen LogP contribution in [0.15, 0.2) is 54.6 Å². The van der Waals surface area contributed by atoms with Crippen molar-refractivity contribution in [3.63, 3.8) is 0 Å². The van der Waals surface area contributed by atoms with Crippen molar-refractivity contribution in [2.45, 2.75) is 38.8 Å². The summed E-state index contributed by atoms with van der Waals surface area (Å²) >= 11 is 6.12. The van der Waals surface area contributed by atoms with Crippen molar-refractivity contribution in [3.05, 3.63) is 70.7 Å². The highest BCUT2D eigenvalue weighted by Crippen LogP contribution is 2.17. The Balaban J connectivity index is 2.04. The zero-order valence-corrected chi connectivity index (χ0v) is 15.2. The lowest BCUT2D eigenvalue weighted by atomic mass is 10.0. The van der Waals surface area contributed by atoms with Gasteiger partial charge in [-0.25, -0.2) is 0 Å². The molecule has 0 spiro atoms. The number of hydrogen-bond acceptors (Lipinski definition) is 2. The molecule has 2 N–H and O–H groups in total. The van der Waals surface area contributed by atoms with Gasteiger partial charge in [-0.15, -0.1) is 0 Å². The fourth-order valence-corrected chi connectivity index (χ4v) is 2.73. The molecule has 132 valence electrons. The third-order valence-corrected chi connectivity index (χ3v) is 4.08. The number of rotatable bonds is 7. The summed E-state index contributed by atoms with van der Waals surface area (Å²) in [5, 5.41) is 6.33. The molecule has 2 amide bonds. The van der Waals surface area contributed by atoms with Gasteiger partial charge in [-0.2, -0.15) is 0 Å². The minimum atomic E-state index is -0.706. The van der Waals surface area contributed by atoms with Gasteiger partial charge in [0.25, 0.3) is 0 Å². The van der Waals surface area contributed by atoms with Crippen LogP contribution in [0.3, 0.4) is 0 Å². The third kappa shape index (κ3) is 5.91. The van der Waals surface area contributed by atoms with Crippen LogP contribution < -0.4 is 10.6 Å². The number of amides is 2. The first kappa shape index (κ1) is 19.0. The molecule has 0 aliphatic carbocycles. The van der Waals surface area contributed by atoms with E-state index < -0.39 is 6.04 Å². The molecule has 25 heavy (non-hydrogen) atoms. The van der Waals surface area contributed by atoms with Gasteiger partial charge in [-0.1, -0.05) is 60.1 Å². The van der Waals surface area contributed by atoms with Crippen molar-refractivity contribution in [2.24, 2.45) is 0 Å². The maximum absolute atomic E-state index is 12.5. The predicted octanol–water partition coefficient (Wildman–Crippen LogP) is 3.65. The molecule has 2 aromatic carbocycles. The van der Waals surface area contributed by atoms with E-state index in [1.54, 1.807) is 6.07 Å². The highest BCUT2D eigenvalue weighted by atomic mass is 35.5. The van der Waals surface area contributed by atoms with E-state index >= 15 is 0 Å². The van der Waals surface area contributed by atoms with Gasteiger partial charge in [-0.05, 0) is 37.5 Å². The normalized spacial score (nSPS) is 11.8. The van der Waals surface area contributed by atoms with Crippen molar-refractivity contribution in [3.8, 4) is 0 Å². The summed E-state index contributed by atoms with van der Waals surface area (Å²) < 4.78 is 0. The van der Waals surface area contributed by atoms with E-state index in [-0.39, 0.29) is 24.3 Å². The first-order valence-electron chi connectivity index (χ1n) is 8.35. The molecule has 0 aliphatic heterocycles. The molecule has 0 aromatic heterocycles. The number of halogens is 1. The summed E-state index contributed by atoms with van der Waals surface area (Å²) in [5.74, 6) is -0.403. The average Bonchev–Trinajstić information content (AvgIpc) is 2.59. The molecule has 4 nitrogen and oxygen atoms in total. The van der Waals surface area contributed by atoms with Crippen molar-refractivity contribution in [1.82, 2.24) is 10.6 Å². The van der Waals surface area contributed by atoms with Crippen molar-refractivity contribution >= 4 is 23.4 Å². The summed E-state index contributed by atoms with van der Waals surface area (Å²) in [7, 11) is 0. The zero-order valence-electron chi connectivity index (χ0n) is 14.5. The molecule has 5 heteroatoms. The molecule has 0 saturated heterocycles. The Bertz CT molecular complexity index is 717. The predicted molar refractivity (Wildman–Crippen MR) is 100 cm³/mol. The number of carbonyl (C=O) groups excluding carboxylic acids is 2. The van der Waals surface area contributed by atoms with Gasteiger partial charge in [-0.3, -0.25) is 9.59 Å². The molecule has 0 saturated carbocycles. The Morgan fingerprint density at radius 1 is 0.960 bits per heavy atom. The Kier molecular flexibility index (Phi) is 7.02. The zero-order chi connectivity index (χ0) is 18.2. The van der Waals surface area contributed by atoms with Crippen LogP contribution in [0.1, 0.15) is 37.4 Å². The van der Waals surface area contributed by atoms with Crippen LogP contribution in [0.5, 0.6) is 0 Å². The number of nitrogens with one attached hydrogen (secondary N) is 2. The molecular weight excluding hydrogens is 336 g/mol. The van der Waals surface area contributed by atoms with E-state index in [9.17, 15) is 9.59 Å². The lowest BCUT2D eigenvalue weighted by molar-refractivity contribution is -0.129. The van der Waals surface area contributed by atoms with Gasteiger partial charge < -0.3 is 10.6 Å². The maximum Gasteiger partial charge on any atom is 0.247 e. The van der Waals surface area contributed by atoms with Crippen LogP contribution in [-0.4, -0.2) is 17.9 Å². The molecule has 1 atom stereocenters. The highest BCUT2D eigenvalue weighted by Gasteiger charge is 2.23. The van der Waals surface area contributed by atoms with E-state index in [1.165, 1.54) is 0 Å².